The summed E-state index contributed by atoms with van der Waals surface area (Å²) in [7, 11) is -4.12. The Hall–Kier alpha value is -2.59. The van der Waals surface area contributed by atoms with Crippen LogP contribution in [0.5, 0.6) is 0 Å². The predicted octanol–water partition coefficient (Wildman–Crippen LogP) is 6.67. The summed E-state index contributed by atoms with van der Waals surface area (Å²) in [4.78, 5) is 28.8. The summed E-state index contributed by atoms with van der Waals surface area (Å²) in [5.74, 6) is -0.856. The number of hydrogen-bond acceptors (Lipinski definition) is 4. The van der Waals surface area contributed by atoms with E-state index in [-0.39, 0.29) is 23.4 Å². The first-order valence-corrected chi connectivity index (χ1v) is 15.8. The molecular formula is C29H32BrCl2N3O4S. The first-order chi connectivity index (χ1) is 19.0. The zero-order valence-corrected chi connectivity index (χ0v) is 26.4. The smallest absolute Gasteiger partial charge is 0.264 e. The van der Waals surface area contributed by atoms with Gasteiger partial charge in [-0.2, -0.15) is 0 Å². The van der Waals surface area contributed by atoms with E-state index in [0.717, 1.165) is 15.2 Å². The molecule has 2 atom stereocenters. The zero-order chi connectivity index (χ0) is 29.4. The molecule has 214 valence electrons. The Kier molecular flexibility index (Phi) is 11.5. The van der Waals surface area contributed by atoms with Crippen molar-refractivity contribution < 1.29 is 18.0 Å². The van der Waals surface area contributed by atoms with Crippen LogP contribution in [0.2, 0.25) is 10.0 Å². The van der Waals surface area contributed by atoms with E-state index in [4.69, 9.17) is 23.2 Å². The van der Waals surface area contributed by atoms with Crippen molar-refractivity contribution in [3.05, 3.63) is 92.9 Å². The van der Waals surface area contributed by atoms with Gasteiger partial charge in [0.2, 0.25) is 11.8 Å². The fourth-order valence-electron chi connectivity index (χ4n) is 4.05. The second-order valence-corrected chi connectivity index (χ2v) is 12.9. The summed E-state index contributed by atoms with van der Waals surface area (Å²) < 4.78 is 29.4. The van der Waals surface area contributed by atoms with Gasteiger partial charge in [0.25, 0.3) is 10.0 Å². The number of carbonyl (C=O) groups excluding carboxylic acids is 2. The third-order valence-electron chi connectivity index (χ3n) is 6.45. The molecule has 7 nitrogen and oxygen atoms in total. The number of rotatable bonds is 12. The molecular weight excluding hydrogens is 637 g/mol. The molecule has 3 rings (SSSR count). The van der Waals surface area contributed by atoms with Gasteiger partial charge in [0.05, 0.1) is 20.6 Å². The molecule has 40 heavy (non-hydrogen) atoms. The molecule has 2 amide bonds. The van der Waals surface area contributed by atoms with Gasteiger partial charge in [0.15, 0.2) is 0 Å². The SMILES string of the molecule is CCC(C)NC(=O)C(CC)N(Cc1ccc(Cl)c(Cl)c1)C(=O)CN(c1ccc(Br)cc1)S(=O)(=O)c1ccccc1. The highest BCUT2D eigenvalue weighted by Crippen LogP contribution is 2.27. The van der Waals surface area contributed by atoms with Crippen LogP contribution in [0.4, 0.5) is 5.69 Å². The maximum atomic E-state index is 14.1. The summed E-state index contributed by atoms with van der Waals surface area (Å²) in [5, 5.41) is 3.63. The number of benzene rings is 3. The molecule has 0 saturated carbocycles. The van der Waals surface area contributed by atoms with E-state index in [9.17, 15) is 18.0 Å². The van der Waals surface area contributed by atoms with E-state index >= 15 is 0 Å². The molecule has 11 heteroatoms. The minimum Gasteiger partial charge on any atom is -0.352 e. The van der Waals surface area contributed by atoms with Gasteiger partial charge < -0.3 is 10.2 Å². The van der Waals surface area contributed by atoms with E-state index < -0.39 is 28.5 Å². The van der Waals surface area contributed by atoms with Crippen LogP contribution in [-0.4, -0.2) is 43.8 Å². The van der Waals surface area contributed by atoms with Crippen LogP contribution in [0.1, 0.15) is 39.2 Å². The number of nitrogens with zero attached hydrogens (tertiary/aromatic N) is 2. The molecule has 3 aromatic carbocycles. The minimum absolute atomic E-state index is 0.0295. The lowest BCUT2D eigenvalue weighted by molar-refractivity contribution is -0.140. The first-order valence-electron chi connectivity index (χ1n) is 12.8. The first kappa shape index (κ1) is 31.9. The number of amides is 2. The Bertz CT molecular complexity index is 1420. The normalized spacial score (nSPS) is 12.8. The van der Waals surface area contributed by atoms with Crippen LogP contribution in [0, 0.1) is 0 Å². The molecule has 0 spiro atoms. The number of carbonyl (C=O) groups is 2. The van der Waals surface area contributed by atoms with Crippen molar-refractivity contribution in [1.82, 2.24) is 10.2 Å². The monoisotopic (exact) mass is 667 g/mol. The van der Waals surface area contributed by atoms with Crippen molar-refractivity contribution in [2.24, 2.45) is 0 Å². The van der Waals surface area contributed by atoms with Crippen LogP contribution in [-0.2, 0) is 26.2 Å². The fourth-order valence-corrected chi connectivity index (χ4v) is 6.07. The third kappa shape index (κ3) is 8.00. The average molecular weight is 669 g/mol. The molecule has 0 aliphatic carbocycles. The molecule has 0 heterocycles. The predicted molar refractivity (Wildman–Crippen MR) is 164 cm³/mol. The van der Waals surface area contributed by atoms with E-state index in [0.29, 0.717) is 27.7 Å². The molecule has 0 bridgehead atoms. The second kappa shape index (κ2) is 14.3. The standard InChI is InChI=1S/C29H32BrCl2N3O4S/c1-4-20(3)33-29(37)27(5-2)34(18-21-11-16-25(31)26(32)17-21)28(36)19-35(23-14-12-22(30)13-15-23)40(38,39)24-9-7-6-8-10-24/h6-17,20,27H,4-5,18-19H2,1-3H3,(H,33,37). The van der Waals surface area contributed by atoms with E-state index in [1.54, 1.807) is 60.7 Å². The number of hydrogen-bond donors (Lipinski definition) is 1. The highest BCUT2D eigenvalue weighted by atomic mass is 79.9. The van der Waals surface area contributed by atoms with Gasteiger partial charge >= 0.3 is 0 Å². The summed E-state index contributed by atoms with van der Waals surface area (Å²) in [5.41, 5.74) is 0.964. The Morgan fingerprint density at radius 3 is 2.15 bits per heavy atom. The molecule has 0 aliphatic heterocycles. The average Bonchev–Trinajstić information content (AvgIpc) is 2.94. The molecule has 0 saturated heterocycles. The number of halogens is 3. The molecule has 0 radical (unpaired) electrons. The van der Waals surface area contributed by atoms with Crippen LogP contribution in [0.25, 0.3) is 0 Å². The van der Waals surface area contributed by atoms with Crippen LogP contribution >= 0.6 is 39.1 Å². The maximum Gasteiger partial charge on any atom is 0.264 e. The summed E-state index contributed by atoms with van der Waals surface area (Å²) in [6.45, 7) is 5.16. The molecule has 3 aromatic rings. The molecule has 1 N–H and O–H groups in total. The highest BCUT2D eigenvalue weighted by molar-refractivity contribution is 9.10. The molecule has 0 aromatic heterocycles. The fraction of sp³-hybridized carbons (Fsp3) is 0.310. The molecule has 0 fully saturated rings. The highest BCUT2D eigenvalue weighted by Gasteiger charge is 2.34. The van der Waals surface area contributed by atoms with Gasteiger partial charge in [-0.05, 0) is 73.9 Å². The Balaban J connectivity index is 2.06. The number of nitrogens with one attached hydrogen (secondary N) is 1. The quantitative estimate of drug-likeness (QED) is 0.234. The van der Waals surface area contributed by atoms with Crippen LogP contribution in [0.15, 0.2) is 82.2 Å². The minimum atomic E-state index is -4.12. The van der Waals surface area contributed by atoms with Crippen LogP contribution < -0.4 is 9.62 Å². The van der Waals surface area contributed by atoms with Crippen molar-refractivity contribution in [3.63, 3.8) is 0 Å². The number of sulfonamides is 1. The van der Waals surface area contributed by atoms with E-state index in [2.05, 4.69) is 21.2 Å². The lowest BCUT2D eigenvalue weighted by Crippen LogP contribution is -2.53. The van der Waals surface area contributed by atoms with Gasteiger partial charge in [-0.25, -0.2) is 8.42 Å². The third-order valence-corrected chi connectivity index (χ3v) is 9.50. The summed E-state index contributed by atoms with van der Waals surface area (Å²) >= 11 is 15.7. The maximum absolute atomic E-state index is 14.1. The van der Waals surface area contributed by atoms with E-state index in [1.807, 2.05) is 20.8 Å². The largest absolute Gasteiger partial charge is 0.352 e. The topological polar surface area (TPSA) is 86.8 Å². The van der Waals surface area contributed by atoms with Gasteiger partial charge in [0, 0.05) is 17.1 Å². The van der Waals surface area contributed by atoms with Gasteiger partial charge in [-0.1, -0.05) is 77.2 Å². The Labute approximate surface area is 254 Å². The molecule has 0 aliphatic rings. The van der Waals surface area contributed by atoms with Gasteiger partial charge in [-0.3, -0.25) is 13.9 Å². The molecule has 2 unspecified atom stereocenters. The summed E-state index contributed by atoms with van der Waals surface area (Å²) in [6, 6.07) is 18.6. The lowest BCUT2D eigenvalue weighted by atomic mass is 10.1. The Morgan fingerprint density at radius 2 is 1.57 bits per heavy atom. The Morgan fingerprint density at radius 1 is 0.925 bits per heavy atom. The van der Waals surface area contributed by atoms with Gasteiger partial charge in [0.1, 0.15) is 12.6 Å². The van der Waals surface area contributed by atoms with E-state index in [1.165, 1.54) is 17.0 Å². The van der Waals surface area contributed by atoms with Gasteiger partial charge in [-0.15, -0.1) is 0 Å². The van der Waals surface area contributed by atoms with Crippen molar-refractivity contribution in [2.45, 2.75) is 57.1 Å². The number of anilines is 1. The lowest BCUT2D eigenvalue weighted by Gasteiger charge is -2.33. The van der Waals surface area contributed by atoms with Crippen molar-refractivity contribution >= 4 is 66.7 Å². The second-order valence-electron chi connectivity index (χ2n) is 9.31. The van der Waals surface area contributed by atoms with Crippen LogP contribution in [0.3, 0.4) is 0 Å². The summed E-state index contributed by atoms with van der Waals surface area (Å²) in [6.07, 6.45) is 1.04. The van der Waals surface area contributed by atoms with Crippen molar-refractivity contribution in [3.8, 4) is 0 Å². The van der Waals surface area contributed by atoms with Crippen molar-refractivity contribution in [2.75, 3.05) is 10.8 Å². The van der Waals surface area contributed by atoms with Crippen molar-refractivity contribution in [1.29, 1.82) is 0 Å². The zero-order valence-electron chi connectivity index (χ0n) is 22.5.